The number of rotatable bonds is 6. The minimum atomic E-state index is -0.472. The lowest BCUT2D eigenvalue weighted by Crippen LogP contribution is -2.31. The lowest BCUT2D eigenvalue weighted by atomic mass is 10.3. The molecule has 0 aliphatic heterocycles. The van der Waals surface area contributed by atoms with Crippen LogP contribution in [0.3, 0.4) is 0 Å². The molecule has 1 unspecified atom stereocenters. The van der Waals surface area contributed by atoms with Crippen molar-refractivity contribution in [2.45, 2.75) is 37.9 Å². The van der Waals surface area contributed by atoms with Crippen molar-refractivity contribution >= 4 is 0 Å². The molecular weight excluding hydrogens is 170 g/mol. The first-order valence-corrected chi connectivity index (χ1v) is 4.88. The fraction of sp³-hybridized carbons (Fsp3) is 1.00. The van der Waals surface area contributed by atoms with Crippen LogP contribution in [0.15, 0.2) is 0 Å². The quantitative estimate of drug-likeness (QED) is 0.596. The molecule has 78 valence electrons. The van der Waals surface area contributed by atoms with Crippen LogP contribution >= 0.6 is 0 Å². The molecule has 0 spiro atoms. The summed E-state index contributed by atoms with van der Waals surface area (Å²) in [5.74, 6) is 0. The van der Waals surface area contributed by atoms with E-state index in [1.54, 1.807) is 0 Å². The third-order valence-electron chi connectivity index (χ3n) is 2.29. The highest BCUT2D eigenvalue weighted by Crippen LogP contribution is 2.20. The molecule has 1 aliphatic rings. The van der Waals surface area contributed by atoms with Gasteiger partial charge in [0, 0.05) is 6.54 Å². The minimum absolute atomic E-state index is 0.372. The van der Waals surface area contributed by atoms with Gasteiger partial charge in [-0.3, -0.25) is 0 Å². The summed E-state index contributed by atoms with van der Waals surface area (Å²) in [4.78, 5) is 4.62. The second kappa shape index (κ2) is 6.32. The van der Waals surface area contributed by atoms with Crippen molar-refractivity contribution < 1.29 is 14.7 Å². The Morgan fingerprint density at radius 1 is 1.46 bits per heavy atom. The summed E-state index contributed by atoms with van der Waals surface area (Å²) in [5.41, 5.74) is 2.59. The molecule has 0 aromatic carbocycles. The zero-order valence-corrected chi connectivity index (χ0v) is 8.16. The summed E-state index contributed by atoms with van der Waals surface area (Å²) in [5, 5.41) is 9.37. The molecule has 1 fully saturated rings. The third kappa shape index (κ3) is 4.57. The van der Waals surface area contributed by atoms with Gasteiger partial charge in [-0.15, -0.1) is 0 Å². The monoisotopic (exact) mass is 189 g/mol. The van der Waals surface area contributed by atoms with Crippen LogP contribution in [0.4, 0.5) is 0 Å². The number of aliphatic hydroxyl groups is 1. The second-order valence-electron chi connectivity index (χ2n) is 3.45. The molecule has 1 saturated carbocycles. The van der Waals surface area contributed by atoms with Gasteiger partial charge in [0.1, 0.15) is 0 Å². The zero-order valence-electron chi connectivity index (χ0n) is 8.16. The summed E-state index contributed by atoms with van der Waals surface area (Å²) in [7, 11) is 1.53. The van der Waals surface area contributed by atoms with Crippen LogP contribution in [-0.4, -0.2) is 37.6 Å². The van der Waals surface area contributed by atoms with E-state index >= 15 is 0 Å². The van der Waals surface area contributed by atoms with Crippen LogP contribution in [0.1, 0.15) is 25.7 Å². The van der Waals surface area contributed by atoms with E-state index in [4.69, 9.17) is 4.74 Å². The number of hydrogen-bond acceptors (Lipinski definition) is 4. The van der Waals surface area contributed by atoms with Crippen molar-refractivity contribution in [3.8, 4) is 0 Å². The van der Waals surface area contributed by atoms with Gasteiger partial charge in [-0.05, 0) is 12.8 Å². The highest BCUT2D eigenvalue weighted by Gasteiger charge is 2.16. The third-order valence-corrected chi connectivity index (χ3v) is 2.29. The van der Waals surface area contributed by atoms with E-state index in [1.165, 1.54) is 20.0 Å². The van der Waals surface area contributed by atoms with Gasteiger partial charge in [0.25, 0.3) is 0 Å². The van der Waals surface area contributed by atoms with Crippen molar-refractivity contribution in [2.24, 2.45) is 0 Å². The predicted octanol–water partition coefficient (Wildman–Crippen LogP) is 0.457. The zero-order chi connectivity index (χ0) is 9.52. The molecule has 0 radical (unpaired) electrons. The van der Waals surface area contributed by atoms with E-state index < -0.39 is 6.10 Å². The van der Waals surface area contributed by atoms with Gasteiger partial charge in [0.05, 0.1) is 25.9 Å². The molecule has 0 saturated heterocycles. The number of hydroxylamine groups is 1. The highest BCUT2D eigenvalue weighted by molar-refractivity contribution is 4.67. The van der Waals surface area contributed by atoms with Gasteiger partial charge in [-0.2, -0.15) is 0 Å². The largest absolute Gasteiger partial charge is 0.389 e. The van der Waals surface area contributed by atoms with E-state index in [9.17, 15) is 5.11 Å². The second-order valence-corrected chi connectivity index (χ2v) is 3.45. The average molecular weight is 189 g/mol. The van der Waals surface area contributed by atoms with Crippen molar-refractivity contribution in [1.82, 2.24) is 5.48 Å². The van der Waals surface area contributed by atoms with Crippen LogP contribution in [0.25, 0.3) is 0 Å². The van der Waals surface area contributed by atoms with Gasteiger partial charge < -0.3 is 14.7 Å². The Hall–Kier alpha value is -0.160. The number of hydrogen-bond donors (Lipinski definition) is 2. The molecule has 0 amide bonds. The molecule has 13 heavy (non-hydrogen) atoms. The van der Waals surface area contributed by atoms with Gasteiger partial charge in [-0.1, -0.05) is 12.8 Å². The van der Waals surface area contributed by atoms with Crippen molar-refractivity contribution in [3.05, 3.63) is 0 Å². The minimum Gasteiger partial charge on any atom is -0.389 e. The Morgan fingerprint density at radius 3 is 2.77 bits per heavy atom. The van der Waals surface area contributed by atoms with E-state index in [2.05, 4.69) is 10.3 Å². The number of nitrogens with one attached hydrogen (secondary N) is 1. The molecular formula is C9H19NO3. The maximum Gasteiger partial charge on any atom is 0.0921 e. The highest BCUT2D eigenvalue weighted by atomic mass is 16.6. The predicted molar refractivity (Wildman–Crippen MR) is 49.2 cm³/mol. The van der Waals surface area contributed by atoms with Crippen LogP contribution in [0.5, 0.6) is 0 Å². The molecule has 0 aromatic heterocycles. The van der Waals surface area contributed by atoms with Gasteiger partial charge in [-0.25, -0.2) is 5.48 Å². The first-order chi connectivity index (χ1) is 6.33. The Balaban J connectivity index is 1.97. The molecule has 0 aromatic rings. The number of aliphatic hydroxyl groups excluding tert-OH is 1. The Kier molecular flexibility index (Phi) is 5.31. The lowest BCUT2D eigenvalue weighted by molar-refractivity contribution is -0.0247. The molecule has 1 aliphatic carbocycles. The smallest absolute Gasteiger partial charge is 0.0921 e. The molecule has 4 nitrogen and oxygen atoms in total. The Bertz CT molecular complexity index is 126. The summed E-state index contributed by atoms with van der Waals surface area (Å²) >= 11 is 0. The molecule has 4 heteroatoms. The number of ether oxygens (including phenoxy) is 1. The molecule has 0 heterocycles. The standard InChI is InChI=1S/C9H19NO3/c1-12-10-6-8(11)7-13-9-4-2-3-5-9/h8-11H,2-7H2,1H3. The van der Waals surface area contributed by atoms with E-state index in [0.29, 0.717) is 19.3 Å². The fourth-order valence-electron chi connectivity index (χ4n) is 1.54. The fourth-order valence-corrected chi connectivity index (χ4v) is 1.54. The van der Waals surface area contributed by atoms with Crippen molar-refractivity contribution in [1.29, 1.82) is 0 Å². The van der Waals surface area contributed by atoms with E-state index in [-0.39, 0.29) is 0 Å². The van der Waals surface area contributed by atoms with Gasteiger partial charge in [0.2, 0.25) is 0 Å². The van der Waals surface area contributed by atoms with E-state index in [0.717, 1.165) is 12.8 Å². The SMILES string of the molecule is CONCC(O)COC1CCCC1. The molecule has 1 atom stereocenters. The van der Waals surface area contributed by atoms with Crippen LogP contribution < -0.4 is 5.48 Å². The van der Waals surface area contributed by atoms with Crippen molar-refractivity contribution in [2.75, 3.05) is 20.3 Å². The summed E-state index contributed by atoms with van der Waals surface area (Å²) in [6, 6.07) is 0. The maximum atomic E-state index is 9.37. The Labute approximate surface area is 79.2 Å². The van der Waals surface area contributed by atoms with Crippen LogP contribution in [0.2, 0.25) is 0 Å². The van der Waals surface area contributed by atoms with Crippen molar-refractivity contribution in [3.63, 3.8) is 0 Å². The maximum absolute atomic E-state index is 9.37. The normalized spacial score (nSPS) is 20.8. The first kappa shape index (κ1) is 10.9. The molecule has 0 bridgehead atoms. The van der Waals surface area contributed by atoms with Crippen LogP contribution in [0, 0.1) is 0 Å². The van der Waals surface area contributed by atoms with Gasteiger partial charge >= 0.3 is 0 Å². The summed E-state index contributed by atoms with van der Waals surface area (Å²) in [6.45, 7) is 0.824. The first-order valence-electron chi connectivity index (χ1n) is 4.88. The van der Waals surface area contributed by atoms with E-state index in [1.807, 2.05) is 0 Å². The molecule has 2 N–H and O–H groups in total. The molecule has 1 rings (SSSR count). The summed E-state index contributed by atoms with van der Waals surface area (Å²) in [6.07, 6.45) is 4.71. The lowest BCUT2D eigenvalue weighted by Gasteiger charge is -2.15. The van der Waals surface area contributed by atoms with Gasteiger partial charge in [0.15, 0.2) is 0 Å². The topological polar surface area (TPSA) is 50.7 Å². The average Bonchev–Trinajstić information content (AvgIpc) is 2.64. The Morgan fingerprint density at radius 2 is 2.15 bits per heavy atom. The van der Waals surface area contributed by atoms with Crippen LogP contribution in [-0.2, 0) is 9.57 Å². The summed E-state index contributed by atoms with van der Waals surface area (Å²) < 4.78 is 5.52.